The van der Waals surface area contributed by atoms with E-state index in [0.717, 1.165) is 39.3 Å². The molecule has 0 bridgehead atoms. The standard InChI is InChI=1S/C22H31N3O3S/c1-19-6-4-5-7-20(19)18-25-14-12-24(13-15-25)16-17-28-21-8-10-22(11-9-21)29(26,27)23(2)3/h4-11H,12-18H2,1-3H3. The van der Waals surface area contributed by atoms with Crippen LogP contribution in [-0.4, -0.2) is 75.9 Å². The first kappa shape index (κ1) is 21.8. The summed E-state index contributed by atoms with van der Waals surface area (Å²) in [4.78, 5) is 5.20. The van der Waals surface area contributed by atoms with E-state index in [2.05, 4.69) is 41.0 Å². The maximum absolute atomic E-state index is 12.1. The summed E-state index contributed by atoms with van der Waals surface area (Å²) >= 11 is 0. The van der Waals surface area contributed by atoms with Crippen LogP contribution in [0.3, 0.4) is 0 Å². The summed E-state index contributed by atoms with van der Waals surface area (Å²) in [6.07, 6.45) is 0. The van der Waals surface area contributed by atoms with Crippen molar-refractivity contribution in [1.29, 1.82) is 0 Å². The number of rotatable bonds is 8. The van der Waals surface area contributed by atoms with Gasteiger partial charge >= 0.3 is 0 Å². The van der Waals surface area contributed by atoms with Crippen LogP contribution in [0.25, 0.3) is 0 Å². The third-order valence-corrected chi connectivity index (χ3v) is 7.23. The molecule has 0 radical (unpaired) electrons. The molecular weight excluding hydrogens is 386 g/mol. The zero-order chi connectivity index (χ0) is 20.9. The quantitative estimate of drug-likeness (QED) is 0.660. The van der Waals surface area contributed by atoms with E-state index in [4.69, 9.17) is 4.74 Å². The SMILES string of the molecule is Cc1ccccc1CN1CCN(CCOc2ccc(S(=O)(=O)N(C)C)cc2)CC1. The maximum Gasteiger partial charge on any atom is 0.242 e. The molecule has 158 valence electrons. The van der Waals surface area contributed by atoms with Crippen molar-refractivity contribution in [2.45, 2.75) is 18.4 Å². The Bertz CT molecular complexity index is 890. The zero-order valence-electron chi connectivity index (χ0n) is 17.5. The predicted molar refractivity (Wildman–Crippen MR) is 116 cm³/mol. The van der Waals surface area contributed by atoms with Crippen LogP contribution < -0.4 is 4.74 Å². The molecule has 1 heterocycles. The summed E-state index contributed by atoms with van der Waals surface area (Å²) < 4.78 is 31.2. The molecule has 0 aromatic heterocycles. The zero-order valence-corrected chi connectivity index (χ0v) is 18.4. The van der Waals surface area contributed by atoms with E-state index in [9.17, 15) is 8.42 Å². The van der Waals surface area contributed by atoms with Crippen LogP contribution in [-0.2, 0) is 16.6 Å². The van der Waals surface area contributed by atoms with E-state index < -0.39 is 10.0 Å². The second-order valence-corrected chi connectivity index (χ2v) is 9.80. The highest BCUT2D eigenvalue weighted by molar-refractivity contribution is 7.89. The first-order valence-electron chi connectivity index (χ1n) is 10.0. The number of hydrogen-bond donors (Lipinski definition) is 0. The van der Waals surface area contributed by atoms with Crippen molar-refractivity contribution >= 4 is 10.0 Å². The van der Waals surface area contributed by atoms with Crippen LogP contribution in [0.4, 0.5) is 0 Å². The predicted octanol–water partition coefficient (Wildman–Crippen LogP) is 2.44. The summed E-state index contributed by atoms with van der Waals surface area (Å²) in [6, 6.07) is 15.2. The highest BCUT2D eigenvalue weighted by Gasteiger charge is 2.18. The first-order chi connectivity index (χ1) is 13.9. The van der Waals surface area contributed by atoms with Gasteiger partial charge in [0.05, 0.1) is 4.90 Å². The second-order valence-electron chi connectivity index (χ2n) is 7.65. The first-order valence-corrected chi connectivity index (χ1v) is 11.4. The number of aryl methyl sites for hydroxylation is 1. The molecule has 1 fully saturated rings. The summed E-state index contributed by atoms with van der Waals surface area (Å²) in [6.45, 7) is 8.85. The highest BCUT2D eigenvalue weighted by atomic mass is 32.2. The van der Waals surface area contributed by atoms with Crippen molar-refractivity contribution in [3.8, 4) is 5.75 Å². The molecule has 1 aliphatic rings. The third kappa shape index (κ3) is 5.79. The van der Waals surface area contributed by atoms with E-state index in [1.165, 1.54) is 29.5 Å². The van der Waals surface area contributed by atoms with E-state index >= 15 is 0 Å². The summed E-state index contributed by atoms with van der Waals surface area (Å²) in [7, 11) is -0.341. The maximum atomic E-state index is 12.1. The van der Waals surface area contributed by atoms with E-state index in [0.29, 0.717) is 12.4 Å². The Morgan fingerprint density at radius 1 is 0.931 bits per heavy atom. The van der Waals surface area contributed by atoms with Crippen molar-refractivity contribution in [1.82, 2.24) is 14.1 Å². The fourth-order valence-corrected chi connectivity index (χ4v) is 4.31. The fraction of sp³-hybridized carbons (Fsp3) is 0.455. The molecule has 3 rings (SSSR count). The lowest BCUT2D eigenvalue weighted by Crippen LogP contribution is -2.47. The molecule has 0 N–H and O–H groups in total. The highest BCUT2D eigenvalue weighted by Crippen LogP contribution is 2.18. The number of ether oxygens (including phenoxy) is 1. The smallest absolute Gasteiger partial charge is 0.242 e. The molecule has 1 saturated heterocycles. The fourth-order valence-electron chi connectivity index (χ4n) is 3.41. The van der Waals surface area contributed by atoms with Crippen molar-refractivity contribution in [3.63, 3.8) is 0 Å². The van der Waals surface area contributed by atoms with Gasteiger partial charge in [0.15, 0.2) is 0 Å². The van der Waals surface area contributed by atoms with Gasteiger partial charge in [-0.05, 0) is 42.3 Å². The minimum Gasteiger partial charge on any atom is -0.492 e. The molecule has 0 saturated carbocycles. The Hall–Kier alpha value is -1.93. The molecule has 1 aliphatic heterocycles. The average Bonchev–Trinajstić information content (AvgIpc) is 2.71. The van der Waals surface area contributed by atoms with E-state index in [1.54, 1.807) is 24.3 Å². The molecule has 2 aromatic carbocycles. The minimum atomic E-state index is -3.40. The van der Waals surface area contributed by atoms with Gasteiger partial charge in [-0.2, -0.15) is 0 Å². The average molecular weight is 418 g/mol. The van der Waals surface area contributed by atoms with Crippen molar-refractivity contribution < 1.29 is 13.2 Å². The molecule has 29 heavy (non-hydrogen) atoms. The summed E-state index contributed by atoms with van der Waals surface area (Å²) in [5.41, 5.74) is 2.76. The van der Waals surface area contributed by atoms with Gasteiger partial charge in [-0.15, -0.1) is 0 Å². The van der Waals surface area contributed by atoms with E-state index in [1.807, 2.05) is 0 Å². The van der Waals surface area contributed by atoms with Crippen LogP contribution in [0.5, 0.6) is 5.75 Å². The lowest BCUT2D eigenvalue weighted by atomic mass is 10.1. The number of hydrogen-bond acceptors (Lipinski definition) is 5. The van der Waals surface area contributed by atoms with Crippen LogP contribution in [0.2, 0.25) is 0 Å². The number of benzene rings is 2. The van der Waals surface area contributed by atoms with Crippen molar-refractivity contribution in [3.05, 3.63) is 59.7 Å². The molecule has 6 nitrogen and oxygen atoms in total. The van der Waals surface area contributed by atoms with Gasteiger partial charge in [0, 0.05) is 53.4 Å². The Morgan fingerprint density at radius 3 is 2.17 bits per heavy atom. The summed E-state index contributed by atoms with van der Waals surface area (Å²) in [5.74, 6) is 0.695. The lowest BCUT2D eigenvalue weighted by Gasteiger charge is -2.34. The lowest BCUT2D eigenvalue weighted by molar-refractivity contribution is 0.112. The van der Waals surface area contributed by atoms with Crippen LogP contribution in [0.1, 0.15) is 11.1 Å². The molecule has 0 aliphatic carbocycles. The second kappa shape index (κ2) is 9.71. The normalized spacial score (nSPS) is 16.3. The van der Waals surface area contributed by atoms with E-state index in [-0.39, 0.29) is 4.90 Å². The Morgan fingerprint density at radius 2 is 1.55 bits per heavy atom. The van der Waals surface area contributed by atoms with Crippen LogP contribution in [0, 0.1) is 6.92 Å². The molecule has 0 amide bonds. The Balaban J connectivity index is 1.40. The Labute approximate surface area is 174 Å². The van der Waals surface area contributed by atoms with Gasteiger partial charge < -0.3 is 4.74 Å². The largest absolute Gasteiger partial charge is 0.492 e. The topological polar surface area (TPSA) is 53.1 Å². The van der Waals surface area contributed by atoms with Crippen molar-refractivity contribution in [2.24, 2.45) is 0 Å². The van der Waals surface area contributed by atoms with Crippen LogP contribution >= 0.6 is 0 Å². The molecule has 7 heteroatoms. The van der Waals surface area contributed by atoms with Gasteiger partial charge in [-0.3, -0.25) is 9.80 Å². The van der Waals surface area contributed by atoms with Gasteiger partial charge in [0.2, 0.25) is 10.0 Å². The molecule has 2 aromatic rings. The number of piperazine rings is 1. The number of nitrogens with zero attached hydrogens (tertiary/aromatic N) is 3. The molecule has 0 unspecified atom stereocenters. The molecule has 0 spiro atoms. The van der Waals surface area contributed by atoms with Crippen LogP contribution in [0.15, 0.2) is 53.4 Å². The number of sulfonamides is 1. The van der Waals surface area contributed by atoms with Gasteiger partial charge in [-0.1, -0.05) is 24.3 Å². The van der Waals surface area contributed by atoms with Crippen molar-refractivity contribution in [2.75, 3.05) is 53.4 Å². The Kier molecular flexibility index (Phi) is 7.29. The van der Waals surface area contributed by atoms with Gasteiger partial charge in [0.1, 0.15) is 12.4 Å². The van der Waals surface area contributed by atoms with Gasteiger partial charge in [-0.25, -0.2) is 12.7 Å². The summed E-state index contributed by atoms with van der Waals surface area (Å²) in [5, 5.41) is 0. The minimum absolute atomic E-state index is 0.277. The monoisotopic (exact) mass is 417 g/mol. The molecule has 0 atom stereocenters. The third-order valence-electron chi connectivity index (χ3n) is 5.40. The van der Waals surface area contributed by atoms with Gasteiger partial charge in [0.25, 0.3) is 0 Å². The molecular formula is C22H31N3O3S.